The van der Waals surface area contributed by atoms with Crippen molar-refractivity contribution in [2.45, 2.75) is 13.8 Å². The van der Waals surface area contributed by atoms with Crippen molar-refractivity contribution in [1.82, 2.24) is 4.98 Å². The van der Waals surface area contributed by atoms with Crippen molar-refractivity contribution in [3.05, 3.63) is 64.2 Å². The van der Waals surface area contributed by atoms with E-state index in [4.69, 9.17) is 0 Å². The number of aromatic nitrogens is 1. The second kappa shape index (κ2) is 5.17. The lowest BCUT2D eigenvalue weighted by Gasteiger charge is -2.05. The maximum Gasteiger partial charge on any atom is 0.131 e. The van der Waals surface area contributed by atoms with Gasteiger partial charge in [0.2, 0.25) is 0 Å². The number of nitrogens with zero attached hydrogens (tertiary/aromatic N) is 1. The highest BCUT2D eigenvalue weighted by atomic mass is 32.1. The Kier molecular flexibility index (Phi) is 3.36. The van der Waals surface area contributed by atoms with Gasteiger partial charge in [-0.15, -0.1) is 11.3 Å². The predicted octanol–water partition coefficient (Wildman–Crippen LogP) is 5.23. The number of thiazole rings is 1. The molecule has 1 aromatic heterocycles. The summed E-state index contributed by atoms with van der Waals surface area (Å²) in [7, 11) is 0. The number of rotatable bonds is 2. The van der Waals surface area contributed by atoms with Crippen LogP contribution in [0, 0.1) is 19.7 Å². The van der Waals surface area contributed by atoms with E-state index in [0.717, 1.165) is 21.8 Å². The van der Waals surface area contributed by atoms with Crippen molar-refractivity contribution in [2.75, 3.05) is 0 Å². The summed E-state index contributed by atoms with van der Waals surface area (Å²) in [6.07, 6.45) is 0. The Balaban J connectivity index is 2.00. The van der Waals surface area contributed by atoms with E-state index in [9.17, 15) is 4.39 Å². The van der Waals surface area contributed by atoms with Gasteiger partial charge in [-0.05, 0) is 25.5 Å². The monoisotopic (exact) mass is 283 g/mol. The lowest BCUT2D eigenvalue weighted by atomic mass is 10.0. The molecule has 3 aromatic rings. The minimum atomic E-state index is -0.194. The third kappa shape index (κ3) is 2.37. The molecule has 0 saturated carbocycles. The lowest BCUT2D eigenvalue weighted by Crippen LogP contribution is -1.85. The van der Waals surface area contributed by atoms with Crippen molar-refractivity contribution < 1.29 is 4.39 Å². The van der Waals surface area contributed by atoms with Crippen LogP contribution in [0.1, 0.15) is 9.88 Å². The van der Waals surface area contributed by atoms with Crippen molar-refractivity contribution in [3.8, 4) is 22.4 Å². The second-order valence-corrected chi connectivity index (χ2v) is 6.10. The Labute approximate surface area is 121 Å². The van der Waals surface area contributed by atoms with Crippen molar-refractivity contribution >= 4 is 11.3 Å². The molecule has 0 amide bonds. The van der Waals surface area contributed by atoms with Crippen LogP contribution in [-0.4, -0.2) is 4.98 Å². The summed E-state index contributed by atoms with van der Waals surface area (Å²) >= 11 is 1.70. The number of halogens is 1. The molecular weight excluding hydrogens is 269 g/mol. The van der Waals surface area contributed by atoms with Crippen LogP contribution in [0.25, 0.3) is 22.4 Å². The zero-order valence-electron chi connectivity index (χ0n) is 11.4. The molecule has 3 heteroatoms. The molecule has 1 heterocycles. The third-order valence-corrected chi connectivity index (χ3v) is 4.13. The summed E-state index contributed by atoms with van der Waals surface area (Å²) in [6, 6.07) is 14.7. The van der Waals surface area contributed by atoms with Crippen LogP contribution >= 0.6 is 11.3 Å². The first-order valence-corrected chi connectivity index (χ1v) is 7.26. The van der Waals surface area contributed by atoms with E-state index in [1.165, 1.54) is 10.9 Å². The van der Waals surface area contributed by atoms with Crippen molar-refractivity contribution in [3.63, 3.8) is 0 Å². The van der Waals surface area contributed by atoms with Crippen LogP contribution < -0.4 is 0 Å². The highest BCUT2D eigenvalue weighted by Gasteiger charge is 2.09. The minimum absolute atomic E-state index is 0.194. The van der Waals surface area contributed by atoms with E-state index in [2.05, 4.69) is 11.9 Å². The van der Waals surface area contributed by atoms with Gasteiger partial charge in [-0.1, -0.05) is 42.5 Å². The molecule has 2 aromatic carbocycles. The summed E-state index contributed by atoms with van der Waals surface area (Å²) < 4.78 is 13.8. The number of benzene rings is 2. The highest BCUT2D eigenvalue weighted by molar-refractivity contribution is 7.11. The van der Waals surface area contributed by atoms with Gasteiger partial charge in [0.15, 0.2) is 0 Å². The van der Waals surface area contributed by atoms with E-state index in [1.807, 2.05) is 37.3 Å². The summed E-state index contributed by atoms with van der Waals surface area (Å²) in [6.45, 7) is 4.08. The first-order valence-electron chi connectivity index (χ1n) is 6.44. The molecule has 3 rings (SSSR count). The molecule has 0 unspecified atom stereocenters. The number of hydrogen-bond acceptors (Lipinski definition) is 2. The van der Waals surface area contributed by atoms with E-state index >= 15 is 0 Å². The summed E-state index contributed by atoms with van der Waals surface area (Å²) in [5.74, 6) is -0.194. The normalized spacial score (nSPS) is 10.8. The average molecular weight is 283 g/mol. The first kappa shape index (κ1) is 13.0. The van der Waals surface area contributed by atoms with E-state index < -0.39 is 0 Å². The smallest absolute Gasteiger partial charge is 0.131 e. The molecular formula is C17H14FNS. The number of aryl methyl sites for hydroxylation is 2. The van der Waals surface area contributed by atoms with Gasteiger partial charge in [0.25, 0.3) is 0 Å². The molecule has 0 fully saturated rings. The fraction of sp³-hybridized carbons (Fsp3) is 0.118. The van der Waals surface area contributed by atoms with Gasteiger partial charge in [-0.25, -0.2) is 9.37 Å². The Morgan fingerprint density at radius 2 is 1.55 bits per heavy atom. The molecule has 0 aliphatic rings. The Hall–Kier alpha value is -2.00. The predicted molar refractivity (Wildman–Crippen MR) is 82.4 cm³/mol. The fourth-order valence-corrected chi connectivity index (χ4v) is 3.14. The maximum atomic E-state index is 13.8. The first-order chi connectivity index (χ1) is 9.65. The molecule has 0 N–H and O–H groups in total. The van der Waals surface area contributed by atoms with Crippen LogP contribution in [0.5, 0.6) is 0 Å². The van der Waals surface area contributed by atoms with Crippen molar-refractivity contribution in [2.24, 2.45) is 0 Å². The van der Waals surface area contributed by atoms with Gasteiger partial charge < -0.3 is 0 Å². The van der Waals surface area contributed by atoms with Gasteiger partial charge >= 0.3 is 0 Å². The molecule has 20 heavy (non-hydrogen) atoms. The number of hydrogen-bond donors (Lipinski definition) is 0. The fourth-order valence-electron chi connectivity index (χ4n) is 2.30. The zero-order valence-corrected chi connectivity index (χ0v) is 12.2. The van der Waals surface area contributed by atoms with Gasteiger partial charge in [-0.3, -0.25) is 0 Å². The van der Waals surface area contributed by atoms with Crippen LogP contribution in [0.15, 0.2) is 48.5 Å². The topological polar surface area (TPSA) is 12.9 Å². The molecule has 1 nitrogen and oxygen atoms in total. The average Bonchev–Trinajstić information content (AvgIpc) is 2.79. The Morgan fingerprint density at radius 3 is 2.15 bits per heavy atom. The van der Waals surface area contributed by atoms with Gasteiger partial charge in [-0.2, -0.15) is 0 Å². The molecule has 0 aliphatic carbocycles. The van der Waals surface area contributed by atoms with Crippen LogP contribution in [0.4, 0.5) is 4.39 Å². The van der Waals surface area contributed by atoms with Crippen LogP contribution in [0.2, 0.25) is 0 Å². The van der Waals surface area contributed by atoms with Crippen LogP contribution in [0.3, 0.4) is 0 Å². The Morgan fingerprint density at radius 1 is 0.900 bits per heavy atom. The molecule has 0 spiro atoms. The summed E-state index contributed by atoms with van der Waals surface area (Å²) in [4.78, 5) is 5.75. The molecule has 0 saturated heterocycles. The molecule has 0 bridgehead atoms. The van der Waals surface area contributed by atoms with Gasteiger partial charge in [0, 0.05) is 16.0 Å². The van der Waals surface area contributed by atoms with Crippen LogP contribution in [-0.2, 0) is 0 Å². The minimum Gasteiger partial charge on any atom is -0.241 e. The second-order valence-electron chi connectivity index (χ2n) is 4.69. The summed E-state index contributed by atoms with van der Waals surface area (Å²) in [5, 5.41) is 1.07. The zero-order chi connectivity index (χ0) is 14.1. The maximum absolute atomic E-state index is 13.8. The van der Waals surface area contributed by atoms with E-state index in [1.54, 1.807) is 23.5 Å². The summed E-state index contributed by atoms with van der Waals surface area (Å²) in [5.41, 5.74) is 3.61. The SMILES string of the molecule is Cc1nc(-c2ccc(-c3ccccc3F)cc2)c(C)s1. The van der Waals surface area contributed by atoms with Crippen molar-refractivity contribution in [1.29, 1.82) is 0 Å². The quantitative estimate of drug-likeness (QED) is 0.627. The Bertz CT molecular complexity index is 744. The van der Waals surface area contributed by atoms with E-state index in [0.29, 0.717) is 5.56 Å². The lowest BCUT2D eigenvalue weighted by molar-refractivity contribution is 0.631. The third-order valence-electron chi connectivity index (χ3n) is 3.25. The molecule has 0 atom stereocenters. The molecule has 100 valence electrons. The molecule has 0 radical (unpaired) electrons. The molecule has 0 aliphatic heterocycles. The van der Waals surface area contributed by atoms with Gasteiger partial charge in [0.05, 0.1) is 10.7 Å². The largest absolute Gasteiger partial charge is 0.241 e. The highest BCUT2D eigenvalue weighted by Crippen LogP contribution is 2.29. The standard InChI is InChI=1S/C17H14FNS/c1-11-17(19-12(2)20-11)14-9-7-13(8-10-14)15-5-3-4-6-16(15)18/h3-10H,1-2H3. The van der Waals surface area contributed by atoms with Gasteiger partial charge in [0.1, 0.15) is 5.82 Å². The van der Waals surface area contributed by atoms with E-state index in [-0.39, 0.29) is 5.82 Å².